The summed E-state index contributed by atoms with van der Waals surface area (Å²) in [5, 5.41) is 9.38. The van der Waals surface area contributed by atoms with Gasteiger partial charge in [0.05, 0.1) is 6.04 Å². The Hall–Kier alpha value is -2.41. The van der Waals surface area contributed by atoms with Crippen LogP contribution >= 0.6 is 0 Å². The molecular formula is C15H18N4O3. The molecule has 2 atom stereocenters. The van der Waals surface area contributed by atoms with Crippen molar-refractivity contribution in [3.8, 4) is 0 Å². The molecule has 0 spiro atoms. The van der Waals surface area contributed by atoms with Crippen molar-refractivity contribution in [1.82, 2.24) is 15.5 Å². The van der Waals surface area contributed by atoms with Gasteiger partial charge in [0.25, 0.3) is 0 Å². The molecule has 0 aromatic carbocycles. The molecule has 22 heavy (non-hydrogen) atoms. The maximum absolute atomic E-state index is 12.1. The predicted molar refractivity (Wildman–Crippen MR) is 79.3 cm³/mol. The molecule has 0 bridgehead atoms. The Morgan fingerprint density at radius 2 is 2.18 bits per heavy atom. The van der Waals surface area contributed by atoms with Crippen molar-refractivity contribution in [1.29, 1.82) is 0 Å². The molecule has 7 heteroatoms. The summed E-state index contributed by atoms with van der Waals surface area (Å²) in [4.78, 5) is 16.1. The fourth-order valence-electron chi connectivity index (χ4n) is 2.53. The lowest BCUT2D eigenvalue weighted by atomic mass is 9.97. The van der Waals surface area contributed by atoms with Crippen LogP contribution in [0.4, 0.5) is 10.6 Å². The number of nitrogens with zero attached hydrogens (tertiary/aromatic N) is 2. The monoisotopic (exact) mass is 302 g/mol. The minimum absolute atomic E-state index is 0.0941. The third kappa shape index (κ3) is 3.25. The van der Waals surface area contributed by atoms with Crippen LogP contribution in [0.5, 0.6) is 0 Å². The van der Waals surface area contributed by atoms with Crippen LogP contribution in [0.15, 0.2) is 35.3 Å². The van der Waals surface area contributed by atoms with E-state index in [4.69, 9.17) is 9.26 Å². The first-order chi connectivity index (χ1) is 10.7. The van der Waals surface area contributed by atoms with Gasteiger partial charge in [-0.2, -0.15) is 0 Å². The normalized spacial score (nSPS) is 21.3. The number of ether oxygens (including phenoxy) is 1. The number of hydrogen-bond donors (Lipinski definition) is 2. The summed E-state index contributed by atoms with van der Waals surface area (Å²) in [6, 6.07) is 3.41. The molecule has 2 amide bonds. The van der Waals surface area contributed by atoms with Crippen LogP contribution < -0.4 is 10.6 Å². The van der Waals surface area contributed by atoms with E-state index >= 15 is 0 Å². The molecule has 3 rings (SSSR count). The Bertz CT molecular complexity index is 629. The van der Waals surface area contributed by atoms with E-state index in [9.17, 15) is 4.79 Å². The van der Waals surface area contributed by atoms with Gasteiger partial charge in [0.2, 0.25) is 0 Å². The minimum Gasteiger partial charge on any atom is -0.371 e. The van der Waals surface area contributed by atoms with E-state index in [1.54, 1.807) is 12.4 Å². The average molecular weight is 302 g/mol. The number of aryl methyl sites for hydroxylation is 1. The zero-order valence-corrected chi connectivity index (χ0v) is 12.3. The summed E-state index contributed by atoms with van der Waals surface area (Å²) in [5.41, 5.74) is 1.79. The summed E-state index contributed by atoms with van der Waals surface area (Å²) in [6.45, 7) is 2.50. The summed E-state index contributed by atoms with van der Waals surface area (Å²) in [6.07, 6.45) is 6.54. The minimum atomic E-state index is -0.313. The van der Waals surface area contributed by atoms with Gasteiger partial charge in [0, 0.05) is 24.6 Å². The summed E-state index contributed by atoms with van der Waals surface area (Å²) in [7, 11) is 0. The van der Waals surface area contributed by atoms with Crippen molar-refractivity contribution in [3.63, 3.8) is 0 Å². The number of carbonyl (C=O) groups is 1. The highest BCUT2D eigenvalue weighted by Crippen LogP contribution is 2.28. The van der Waals surface area contributed by atoms with Gasteiger partial charge in [-0.3, -0.25) is 10.3 Å². The number of urea groups is 1. The number of amides is 2. The predicted octanol–water partition coefficient (Wildman–Crippen LogP) is 2.42. The van der Waals surface area contributed by atoms with E-state index in [1.807, 2.05) is 19.1 Å². The maximum Gasteiger partial charge on any atom is 0.320 e. The van der Waals surface area contributed by atoms with E-state index in [0.29, 0.717) is 12.4 Å². The molecule has 1 fully saturated rings. The van der Waals surface area contributed by atoms with Crippen LogP contribution in [0.1, 0.15) is 30.1 Å². The van der Waals surface area contributed by atoms with Crippen LogP contribution in [0, 0.1) is 6.92 Å². The van der Waals surface area contributed by atoms with Gasteiger partial charge in [-0.15, -0.1) is 0 Å². The molecule has 1 saturated heterocycles. The molecule has 0 saturated carbocycles. The Morgan fingerprint density at radius 1 is 1.36 bits per heavy atom. The van der Waals surface area contributed by atoms with Gasteiger partial charge in [-0.1, -0.05) is 5.16 Å². The molecule has 2 N–H and O–H groups in total. The first-order valence-corrected chi connectivity index (χ1v) is 7.24. The fraction of sp³-hybridized carbons (Fsp3) is 0.400. The van der Waals surface area contributed by atoms with Crippen molar-refractivity contribution in [2.75, 3.05) is 11.9 Å². The van der Waals surface area contributed by atoms with E-state index in [-0.39, 0.29) is 18.2 Å². The molecule has 7 nitrogen and oxygen atoms in total. The number of rotatable bonds is 3. The average Bonchev–Trinajstić information content (AvgIpc) is 2.94. The number of pyridine rings is 1. The molecule has 3 heterocycles. The first kappa shape index (κ1) is 14.5. The number of anilines is 1. The molecule has 1 aliphatic rings. The smallest absolute Gasteiger partial charge is 0.320 e. The number of carbonyl (C=O) groups excluding carboxylic acids is 1. The van der Waals surface area contributed by atoms with E-state index in [0.717, 1.165) is 24.0 Å². The van der Waals surface area contributed by atoms with E-state index in [1.165, 1.54) is 6.26 Å². The van der Waals surface area contributed by atoms with Crippen LogP contribution in [-0.2, 0) is 4.74 Å². The fourth-order valence-corrected chi connectivity index (χ4v) is 2.53. The number of aromatic nitrogens is 2. The van der Waals surface area contributed by atoms with Gasteiger partial charge in [-0.05, 0) is 37.5 Å². The first-order valence-electron chi connectivity index (χ1n) is 7.24. The second kappa shape index (κ2) is 6.57. The molecule has 2 aromatic rings. The van der Waals surface area contributed by atoms with Crippen molar-refractivity contribution >= 4 is 11.8 Å². The zero-order chi connectivity index (χ0) is 15.4. The van der Waals surface area contributed by atoms with Crippen LogP contribution in [0.25, 0.3) is 0 Å². The van der Waals surface area contributed by atoms with Crippen LogP contribution in [0.2, 0.25) is 0 Å². The lowest BCUT2D eigenvalue weighted by molar-refractivity contribution is -0.00701. The lowest BCUT2D eigenvalue weighted by Gasteiger charge is -2.32. The number of nitrogens with one attached hydrogen (secondary N) is 2. The van der Waals surface area contributed by atoms with Crippen molar-refractivity contribution in [2.45, 2.75) is 31.9 Å². The molecule has 0 unspecified atom stereocenters. The molecule has 0 aliphatic carbocycles. The van der Waals surface area contributed by atoms with E-state index in [2.05, 4.69) is 20.8 Å². The third-order valence-electron chi connectivity index (χ3n) is 3.65. The molecule has 0 radical (unpaired) electrons. The SMILES string of the molecule is Cc1conc1NC(=O)N[C@H]1CCCO[C@@H]1c1ccncc1. The second-order valence-corrected chi connectivity index (χ2v) is 5.27. The molecule has 1 aliphatic heterocycles. The van der Waals surface area contributed by atoms with Crippen molar-refractivity contribution in [3.05, 3.63) is 41.9 Å². The Kier molecular flexibility index (Phi) is 4.34. The van der Waals surface area contributed by atoms with Crippen LogP contribution in [0.3, 0.4) is 0 Å². The van der Waals surface area contributed by atoms with Gasteiger partial charge in [0.1, 0.15) is 12.4 Å². The topological polar surface area (TPSA) is 89.3 Å². The quantitative estimate of drug-likeness (QED) is 0.909. The van der Waals surface area contributed by atoms with Crippen molar-refractivity contribution in [2.24, 2.45) is 0 Å². The molecular weight excluding hydrogens is 284 g/mol. The Morgan fingerprint density at radius 3 is 2.91 bits per heavy atom. The number of hydrogen-bond acceptors (Lipinski definition) is 5. The highest BCUT2D eigenvalue weighted by Gasteiger charge is 2.29. The van der Waals surface area contributed by atoms with E-state index < -0.39 is 0 Å². The lowest BCUT2D eigenvalue weighted by Crippen LogP contribution is -2.44. The molecule has 116 valence electrons. The zero-order valence-electron chi connectivity index (χ0n) is 12.3. The highest BCUT2D eigenvalue weighted by molar-refractivity contribution is 5.89. The van der Waals surface area contributed by atoms with Crippen LogP contribution in [-0.4, -0.2) is 28.8 Å². The summed E-state index contributed by atoms with van der Waals surface area (Å²) in [5.74, 6) is 0.426. The van der Waals surface area contributed by atoms with Gasteiger partial charge < -0.3 is 14.6 Å². The largest absolute Gasteiger partial charge is 0.371 e. The standard InChI is InChI=1S/C15H18N4O3/c1-10-9-22-19-14(10)18-15(20)17-12-3-2-8-21-13(12)11-4-6-16-7-5-11/h4-7,9,12-13H,2-3,8H2,1H3,(H2,17,18,19,20)/t12-,13+/m0/s1. The van der Waals surface area contributed by atoms with Gasteiger partial charge >= 0.3 is 6.03 Å². The van der Waals surface area contributed by atoms with Crippen molar-refractivity contribution < 1.29 is 14.1 Å². The summed E-state index contributed by atoms with van der Waals surface area (Å²) < 4.78 is 10.6. The molecule has 2 aromatic heterocycles. The van der Waals surface area contributed by atoms with Gasteiger partial charge in [-0.25, -0.2) is 4.79 Å². The second-order valence-electron chi connectivity index (χ2n) is 5.27. The summed E-state index contributed by atoms with van der Waals surface area (Å²) >= 11 is 0. The van der Waals surface area contributed by atoms with Gasteiger partial charge in [0.15, 0.2) is 5.82 Å². The third-order valence-corrected chi connectivity index (χ3v) is 3.65. The Balaban J connectivity index is 1.66. The highest BCUT2D eigenvalue weighted by atomic mass is 16.5. The maximum atomic E-state index is 12.1. The Labute approximate surface area is 128 Å².